The van der Waals surface area contributed by atoms with Gasteiger partial charge in [-0.05, 0) is 41.3 Å². The Morgan fingerprint density at radius 2 is 1.79 bits per heavy atom. The lowest BCUT2D eigenvalue weighted by atomic mass is 10.2. The number of amides is 1. The molecule has 4 aromatic rings. The molecule has 34 heavy (non-hydrogen) atoms. The molecule has 1 amide bonds. The molecule has 0 saturated carbocycles. The van der Waals surface area contributed by atoms with E-state index in [2.05, 4.69) is 29.2 Å². The molecule has 0 N–H and O–H groups in total. The predicted molar refractivity (Wildman–Crippen MR) is 140 cm³/mol. The standard InChI is InChI=1S/C27H25ClN4OS/c28-22-10-4-11-23(19-22)32-25(20-24(29-32)26-12-6-18-34-26)27(33)31-16-14-30(15-17-31)13-5-9-21-7-2-1-3-8-21/h1-12,18-20H,13-17H2. The molecule has 2 aromatic carbocycles. The fourth-order valence-corrected chi connectivity index (χ4v) is 4.95. The zero-order valence-corrected chi connectivity index (χ0v) is 20.3. The maximum absolute atomic E-state index is 13.6. The zero-order valence-electron chi connectivity index (χ0n) is 18.7. The van der Waals surface area contributed by atoms with Crippen LogP contribution in [0.5, 0.6) is 0 Å². The van der Waals surface area contributed by atoms with E-state index in [-0.39, 0.29) is 5.91 Å². The first kappa shape index (κ1) is 22.6. The van der Waals surface area contributed by atoms with Gasteiger partial charge in [0.05, 0.1) is 10.6 Å². The predicted octanol–water partition coefficient (Wildman–Crippen LogP) is 5.73. The molecular weight excluding hydrogens is 464 g/mol. The van der Waals surface area contributed by atoms with Crippen LogP contribution in [-0.2, 0) is 0 Å². The van der Waals surface area contributed by atoms with Gasteiger partial charge in [-0.1, -0.05) is 66.2 Å². The second-order valence-electron chi connectivity index (χ2n) is 8.19. The Balaban J connectivity index is 1.30. The van der Waals surface area contributed by atoms with Gasteiger partial charge in [-0.3, -0.25) is 9.69 Å². The monoisotopic (exact) mass is 488 g/mol. The second kappa shape index (κ2) is 10.4. The number of hydrogen-bond acceptors (Lipinski definition) is 4. The third-order valence-corrected chi connectivity index (χ3v) is 7.02. The van der Waals surface area contributed by atoms with Crippen molar-refractivity contribution >= 4 is 34.9 Å². The highest BCUT2D eigenvalue weighted by Gasteiger charge is 2.26. The highest BCUT2D eigenvalue weighted by Crippen LogP contribution is 2.27. The van der Waals surface area contributed by atoms with E-state index in [0.29, 0.717) is 23.8 Å². The average Bonchev–Trinajstić information content (AvgIpc) is 3.55. The maximum Gasteiger partial charge on any atom is 0.272 e. The minimum Gasteiger partial charge on any atom is -0.335 e. The molecule has 5 rings (SSSR count). The Morgan fingerprint density at radius 3 is 2.53 bits per heavy atom. The molecule has 0 radical (unpaired) electrons. The molecule has 0 bridgehead atoms. The number of halogens is 1. The lowest BCUT2D eigenvalue weighted by Crippen LogP contribution is -2.49. The molecule has 0 aliphatic carbocycles. The molecule has 0 spiro atoms. The summed E-state index contributed by atoms with van der Waals surface area (Å²) in [7, 11) is 0. The van der Waals surface area contributed by atoms with Gasteiger partial charge < -0.3 is 4.90 Å². The first-order chi connectivity index (χ1) is 16.7. The summed E-state index contributed by atoms with van der Waals surface area (Å²) in [5.74, 6) is -0.00485. The van der Waals surface area contributed by atoms with Crippen molar-refractivity contribution in [3.63, 3.8) is 0 Å². The van der Waals surface area contributed by atoms with E-state index in [0.717, 1.165) is 35.9 Å². The van der Waals surface area contributed by atoms with Crippen LogP contribution in [0.2, 0.25) is 5.02 Å². The van der Waals surface area contributed by atoms with Gasteiger partial charge in [0.15, 0.2) is 0 Å². The molecular formula is C27H25ClN4OS. The van der Waals surface area contributed by atoms with Crippen molar-refractivity contribution in [2.24, 2.45) is 0 Å². The smallest absolute Gasteiger partial charge is 0.272 e. The van der Waals surface area contributed by atoms with Gasteiger partial charge in [0, 0.05) is 37.7 Å². The van der Waals surface area contributed by atoms with Gasteiger partial charge >= 0.3 is 0 Å². The van der Waals surface area contributed by atoms with Gasteiger partial charge in [0.1, 0.15) is 11.4 Å². The SMILES string of the molecule is O=C(c1cc(-c2cccs2)nn1-c1cccc(Cl)c1)N1CCN(CC=Cc2ccccc2)CC1. The Labute approximate surface area is 208 Å². The number of thiophene rings is 1. The molecule has 2 aromatic heterocycles. The second-order valence-corrected chi connectivity index (χ2v) is 9.57. The number of carbonyl (C=O) groups excluding carboxylic acids is 1. The number of aromatic nitrogens is 2. The topological polar surface area (TPSA) is 41.4 Å². The normalized spacial score (nSPS) is 14.7. The van der Waals surface area contributed by atoms with Crippen molar-refractivity contribution in [2.75, 3.05) is 32.7 Å². The summed E-state index contributed by atoms with van der Waals surface area (Å²) in [6.07, 6.45) is 4.33. The van der Waals surface area contributed by atoms with Crippen LogP contribution in [0.1, 0.15) is 16.1 Å². The van der Waals surface area contributed by atoms with Crippen molar-refractivity contribution in [2.45, 2.75) is 0 Å². The lowest BCUT2D eigenvalue weighted by molar-refractivity contribution is 0.0641. The van der Waals surface area contributed by atoms with E-state index in [1.165, 1.54) is 5.56 Å². The van der Waals surface area contributed by atoms with Crippen molar-refractivity contribution in [1.29, 1.82) is 0 Å². The van der Waals surface area contributed by atoms with Crippen molar-refractivity contribution < 1.29 is 4.79 Å². The van der Waals surface area contributed by atoms with E-state index in [1.54, 1.807) is 16.0 Å². The van der Waals surface area contributed by atoms with Crippen LogP contribution >= 0.6 is 22.9 Å². The van der Waals surface area contributed by atoms with Gasteiger partial charge in [0.2, 0.25) is 0 Å². The van der Waals surface area contributed by atoms with Crippen LogP contribution in [0.25, 0.3) is 22.3 Å². The molecule has 5 nitrogen and oxygen atoms in total. The van der Waals surface area contributed by atoms with E-state index in [4.69, 9.17) is 16.7 Å². The average molecular weight is 489 g/mol. The minimum atomic E-state index is -0.00485. The molecule has 1 fully saturated rings. The third kappa shape index (κ3) is 5.14. The molecule has 1 aliphatic rings. The number of rotatable bonds is 6. The molecule has 0 unspecified atom stereocenters. The summed E-state index contributed by atoms with van der Waals surface area (Å²) in [5.41, 5.74) is 3.33. The Hall–Kier alpha value is -3.19. The molecule has 0 atom stereocenters. The fourth-order valence-electron chi connectivity index (χ4n) is 4.08. The number of benzene rings is 2. The fraction of sp³-hybridized carbons (Fsp3) is 0.185. The van der Waals surface area contributed by atoms with Gasteiger partial charge in [0.25, 0.3) is 5.91 Å². The summed E-state index contributed by atoms with van der Waals surface area (Å²) in [4.78, 5) is 18.9. The number of carbonyl (C=O) groups is 1. The van der Waals surface area contributed by atoms with E-state index in [9.17, 15) is 4.79 Å². The number of nitrogens with zero attached hydrogens (tertiary/aromatic N) is 4. The molecule has 3 heterocycles. The minimum absolute atomic E-state index is 0.00485. The number of piperazine rings is 1. The van der Waals surface area contributed by atoms with E-state index >= 15 is 0 Å². The summed E-state index contributed by atoms with van der Waals surface area (Å²) in [6.45, 7) is 3.93. The summed E-state index contributed by atoms with van der Waals surface area (Å²) in [5, 5.41) is 7.39. The van der Waals surface area contributed by atoms with Crippen molar-refractivity contribution in [1.82, 2.24) is 19.6 Å². The third-order valence-electron chi connectivity index (χ3n) is 5.89. The molecule has 172 valence electrons. The van der Waals surface area contributed by atoms with Crippen LogP contribution in [0, 0.1) is 0 Å². The van der Waals surface area contributed by atoms with Crippen molar-refractivity contribution in [3.8, 4) is 16.3 Å². The van der Waals surface area contributed by atoms with Crippen LogP contribution in [-0.4, -0.2) is 58.2 Å². The molecule has 1 saturated heterocycles. The van der Waals surface area contributed by atoms with Gasteiger partial charge in [-0.25, -0.2) is 4.68 Å². The maximum atomic E-state index is 13.6. The van der Waals surface area contributed by atoms with Gasteiger partial charge in [-0.2, -0.15) is 5.10 Å². The summed E-state index contributed by atoms with van der Waals surface area (Å²) in [6, 6.07) is 23.7. The van der Waals surface area contributed by atoms with Crippen LogP contribution in [0.3, 0.4) is 0 Å². The first-order valence-corrected chi connectivity index (χ1v) is 12.6. The Morgan fingerprint density at radius 1 is 0.971 bits per heavy atom. The highest BCUT2D eigenvalue weighted by atomic mass is 35.5. The Bertz CT molecular complexity index is 1280. The summed E-state index contributed by atoms with van der Waals surface area (Å²) >= 11 is 7.84. The lowest BCUT2D eigenvalue weighted by Gasteiger charge is -2.34. The molecule has 1 aliphatic heterocycles. The first-order valence-electron chi connectivity index (χ1n) is 11.3. The van der Waals surface area contributed by atoms with Gasteiger partial charge in [-0.15, -0.1) is 11.3 Å². The van der Waals surface area contributed by atoms with Crippen LogP contribution < -0.4 is 0 Å². The van der Waals surface area contributed by atoms with Crippen LogP contribution in [0.15, 0.2) is 84.3 Å². The van der Waals surface area contributed by atoms with Crippen LogP contribution in [0.4, 0.5) is 0 Å². The van der Waals surface area contributed by atoms with E-state index in [1.807, 2.05) is 70.9 Å². The van der Waals surface area contributed by atoms with E-state index < -0.39 is 0 Å². The largest absolute Gasteiger partial charge is 0.335 e. The highest BCUT2D eigenvalue weighted by molar-refractivity contribution is 7.13. The summed E-state index contributed by atoms with van der Waals surface area (Å²) < 4.78 is 1.72. The quantitative estimate of drug-likeness (QED) is 0.348. The molecule has 7 heteroatoms. The number of hydrogen-bond donors (Lipinski definition) is 0. The Kier molecular flexibility index (Phi) is 6.90. The zero-order chi connectivity index (χ0) is 23.3. The van der Waals surface area contributed by atoms with Crippen molar-refractivity contribution in [3.05, 3.63) is 101 Å².